The first-order valence-electron chi connectivity index (χ1n) is 6.23. The highest BCUT2D eigenvalue weighted by Gasteiger charge is 2.59. The van der Waals surface area contributed by atoms with Crippen molar-refractivity contribution in [3.8, 4) is 0 Å². The molecule has 1 N–H and O–H groups in total. The number of ether oxygens (including phenoxy) is 3. The van der Waals surface area contributed by atoms with E-state index in [9.17, 15) is 14.7 Å². The van der Waals surface area contributed by atoms with E-state index in [1.807, 2.05) is 0 Å². The van der Waals surface area contributed by atoms with Crippen molar-refractivity contribution in [1.82, 2.24) is 0 Å². The van der Waals surface area contributed by atoms with E-state index in [1.54, 1.807) is 0 Å². The summed E-state index contributed by atoms with van der Waals surface area (Å²) in [4.78, 5) is 33.7. The Morgan fingerprint density at radius 2 is 1.55 bits per heavy atom. The molecule has 1 aliphatic heterocycles. The highest BCUT2D eigenvalue weighted by molar-refractivity contribution is 5.83. The smallest absolute Gasteiger partial charge is 0.310 e. The summed E-state index contributed by atoms with van der Waals surface area (Å²) in [6.07, 6.45) is -1.87. The van der Waals surface area contributed by atoms with Gasteiger partial charge in [-0.2, -0.15) is 0 Å². The molecule has 1 aliphatic carbocycles. The lowest BCUT2D eigenvalue weighted by Crippen LogP contribution is -2.42. The molecular formula is C12H18O8. The predicted molar refractivity (Wildman–Crippen MR) is 61.6 cm³/mol. The van der Waals surface area contributed by atoms with Gasteiger partial charge in [0.2, 0.25) is 0 Å². The van der Waals surface area contributed by atoms with Crippen molar-refractivity contribution >= 4 is 11.9 Å². The lowest BCUT2D eigenvalue weighted by Gasteiger charge is -2.29. The van der Waals surface area contributed by atoms with Crippen LogP contribution in [-0.2, 0) is 33.6 Å². The van der Waals surface area contributed by atoms with E-state index < -0.39 is 48.2 Å². The van der Waals surface area contributed by atoms with Crippen molar-refractivity contribution in [2.45, 2.75) is 19.0 Å². The SMILES string of the molecule is COC(=O)C1C2CC(C(OC)OOC2O)C1C(=O)OC. The van der Waals surface area contributed by atoms with Crippen molar-refractivity contribution < 1.29 is 38.7 Å². The topological polar surface area (TPSA) is 101 Å². The molecular weight excluding hydrogens is 272 g/mol. The Kier molecular flexibility index (Phi) is 4.59. The number of aliphatic hydroxyl groups is 1. The zero-order chi connectivity index (χ0) is 14.9. The quantitative estimate of drug-likeness (QED) is 0.546. The lowest BCUT2D eigenvalue weighted by atomic mass is 9.86. The van der Waals surface area contributed by atoms with Gasteiger partial charge in [0.15, 0.2) is 12.6 Å². The fourth-order valence-corrected chi connectivity index (χ4v) is 3.10. The monoisotopic (exact) mass is 290 g/mol. The zero-order valence-corrected chi connectivity index (χ0v) is 11.5. The lowest BCUT2D eigenvalue weighted by molar-refractivity contribution is -0.437. The van der Waals surface area contributed by atoms with Gasteiger partial charge in [-0.15, -0.1) is 0 Å². The fourth-order valence-electron chi connectivity index (χ4n) is 3.10. The van der Waals surface area contributed by atoms with Crippen LogP contribution >= 0.6 is 0 Å². The van der Waals surface area contributed by atoms with Crippen LogP contribution in [0, 0.1) is 23.7 Å². The molecule has 0 spiro atoms. The average Bonchev–Trinajstić information content (AvgIpc) is 2.78. The maximum Gasteiger partial charge on any atom is 0.310 e. The van der Waals surface area contributed by atoms with E-state index in [-0.39, 0.29) is 0 Å². The standard InChI is InChI=1S/C12H18O8/c1-16-10(14)7-5-4-6(8(7)11(15)17-2)12(18-3)20-19-9(5)13/h5-9,12-13H,4H2,1-3H3. The second kappa shape index (κ2) is 6.04. The second-order valence-corrected chi connectivity index (χ2v) is 4.85. The summed E-state index contributed by atoms with van der Waals surface area (Å²) in [7, 11) is 3.85. The third kappa shape index (κ3) is 2.39. The van der Waals surface area contributed by atoms with E-state index in [0.717, 1.165) is 0 Å². The second-order valence-electron chi connectivity index (χ2n) is 4.85. The van der Waals surface area contributed by atoms with Crippen LogP contribution in [0.25, 0.3) is 0 Å². The summed E-state index contributed by atoms with van der Waals surface area (Å²) in [6.45, 7) is 0. The Labute approximate surface area is 115 Å². The first-order chi connectivity index (χ1) is 9.54. The van der Waals surface area contributed by atoms with Crippen LogP contribution in [0.2, 0.25) is 0 Å². The van der Waals surface area contributed by atoms with Gasteiger partial charge in [-0.05, 0) is 6.42 Å². The molecule has 1 heterocycles. The number of esters is 2. The number of fused-ring (bicyclic) bond motifs is 2. The summed E-state index contributed by atoms with van der Waals surface area (Å²) in [6, 6.07) is 0. The summed E-state index contributed by atoms with van der Waals surface area (Å²) >= 11 is 0. The van der Waals surface area contributed by atoms with Gasteiger partial charge in [-0.3, -0.25) is 9.59 Å². The summed E-state index contributed by atoms with van der Waals surface area (Å²) in [5.74, 6) is -3.88. The minimum Gasteiger partial charge on any atom is -0.469 e. The number of rotatable bonds is 3. The molecule has 0 aromatic carbocycles. The molecule has 1 saturated carbocycles. The van der Waals surface area contributed by atoms with Gasteiger partial charge in [0.1, 0.15) is 0 Å². The molecule has 114 valence electrons. The van der Waals surface area contributed by atoms with Crippen molar-refractivity contribution in [2.75, 3.05) is 21.3 Å². The van der Waals surface area contributed by atoms with Crippen LogP contribution in [0.1, 0.15) is 6.42 Å². The van der Waals surface area contributed by atoms with Gasteiger partial charge in [-0.1, -0.05) is 0 Å². The van der Waals surface area contributed by atoms with E-state index in [2.05, 4.69) is 0 Å². The van der Waals surface area contributed by atoms with Crippen LogP contribution < -0.4 is 0 Å². The third-order valence-corrected chi connectivity index (χ3v) is 4.00. The van der Waals surface area contributed by atoms with Crippen LogP contribution in [0.5, 0.6) is 0 Å². The van der Waals surface area contributed by atoms with E-state index in [1.165, 1.54) is 21.3 Å². The largest absolute Gasteiger partial charge is 0.469 e. The van der Waals surface area contributed by atoms with Crippen LogP contribution in [0.3, 0.4) is 0 Å². The minimum absolute atomic E-state index is 0.333. The first-order valence-corrected chi connectivity index (χ1v) is 6.23. The molecule has 6 atom stereocenters. The van der Waals surface area contributed by atoms with Gasteiger partial charge in [-0.25, -0.2) is 9.78 Å². The highest BCUT2D eigenvalue weighted by atomic mass is 17.2. The van der Waals surface area contributed by atoms with Crippen LogP contribution in [0.4, 0.5) is 0 Å². The maximum atomic E-state index is 12.0. The van der Waals surface area contributed by atoms with Gasteiger partial charge in [0.05, 0.1) is 26.1 Å². The predicted octanol–water partition coefficient (Wildman–Crippen LogP) is -0.546. The van der Waals surface area contributed by atoms with Crippen molar-refractivity contribution in [3.63, 3.8) is 0 Å². The molecule has 1 saturated heterocycles. The molecule has 8 heteroatoms. The van der Waals surface area contributed by atoms with Crippen molar-refractivity contribution in [3.05, 3.63) is 0 Å². The normalized spacial score (nSPS) is 40.0. The molecule has 0 aromatic heterocycles. The zero-order valence-electron chi connectivity index (χ0n) is 11.5. The Morgan fingerprint density at radius 1 is 1.00 bits per heavy atom. The van der Waals surface area contributed by atoms with Gasteiger partial charge in [0.25, 0.3) is 0 Å². The average molecular weight is 290 g/mol. The molecule has 0 aromatic rings. The van der Waals surface area contributed by atoms with Crippen LogP contribution in [0.15, 0.2) is 0 Å². The molecule has 2 bridgehead atoms. The summed E-state index contributed by atoms with van der Waals surface area (Å²) < 4.78 is 14.6. The molecule has 8 nitrogen and oxygen atoms in total. The maximum absolute atomic E-state index is 12.0. The molecule has 0 radical (unpaired) electrons. The minimum atomic E-state index is -1.34. The van der Waals surface area contributed by atoms with Crippen LogP contribution in [-0.4, -0.2) is 51.0 Å². The summed E-state index contributed by atoms with van der Waals surface area (Å²) in [5, 5.41) is 9.91. The number of hydrogen-bond acceptors (Lipinski definition) is 8. The number of carbonyl (C=O) groups excluding carboxylic acids is 2. The van der Waals surface area contributed by atoms with Crippen molar-refractivity contribution in [1.29, 1.82) is 0 Å². The molecule has 2 rings (SSSR count). The molecule has 2 aliphatic rings. The van der Waals surface area contributed by atoms with E-state index >= 15 is 0 Å². The Hall–Kier alpha value is -1.22. The summed E-state index contributed by atoms with van der Waals surface area (Å²) in [5.41, 5.74) is 0. The Balaban J connectivity index is 2.38. The fraction of sp³-hybridized carbons (Fsp3) is 0.833. The number of carbonyl (C=O) groups is 2. The van der Waals surface area contributed by atoms with Gasteiger partial charge in [0, 0.05) is 18.9 Å². The Bertz CT molecular complexity index is 384. The van der Waals surface area contributed by atoms with E-state index in [4.69, 9.17) is 24.0 Å². The number of methoxy groups -OCH3 is 3. The van der Waals surface area contributed by atoms with E-state index in [0.29, 0.717) is 6.42 Å². The first kappa shape index (κ1) is 15.2. The molecule has 20 heavy (non-hydrogen) atoms. The number of hydrogen-bond donors (Lipinski definition) is 1. The molecule has 0 amide bonds. The molecule has 6 unspecified atom stereocenters. The third-order valence-electron chi connectivity index (χ3n) is 4.00. The molecule has 2 fully saturated rings. The Morgan fingerprint density at radius 3 is 2.05 bits per heavy atom. The van der Waals surface area contributed by atoms with Crippen molar-refractivity contribution in [2.24, 2.45) is 23.7 Å². The van der Waals surface area contributed by atoms with Gasteiger partial charge >= 0.3 is 11.9 Å². The number of aliphatic hydroxyl groups excluding tert-OH is 1. The van der Waals surface area contributed by atoms with Gasteiger partial charge < -0.3 is 19.3 Å². The highest BCUT2D eigenvalue weighted by Crippen LogP contribution is 2.49.